The summed E-state index contributed by atoms with van der Waals surface area (Å²) in [5.41, 5.74) is 6.73. The van der Waals surface area contributed by atoms with E-state index in [1.165, 1.54) is 7.11 Å². The van der Waals surface area contributed by atoms with Crippen molar-refractivity contribution < 1.29 is 9.84 Å². The third kappa shape index (κ3) is 3.39. The number of halogens is 1. The molecule has 0 aliphatic carbocycles. The lowest BCUT2D eigenvalue weighted by molar-refractivity contribution is 0.372. The van der Waals surface area contributed by atoms with Crippen LogP contribution in [0.15, 0.2) is 16.6 Å². The molecule has 0 saturated carbocycles. The van der Waals surface area contributed by atoms with Crippen molar-refractivity contribution in [1.29, 1.82) is 0 Å². The van der Waals surface area contributed by atoms with Crippen molar-refractivity contribution in [2.45, 2.75) is 25.8 Å². The van der Waals surface area contributed by atoms with E-state index in [4.69, 9.17) is 10.5 Å². The van der Waals surface area contributed by atoms with Gasteiger partial charge in [0.15, 0.2) is 11.5 Å². The molecule has 0 spiro atoms. The van der Waals surface area contributed by atoms with Gasteiger partial charge in [0.05, 0.1) is 7.11 Å². The van der Waals surface area contributed by atoms with Crippen LogP contribution < -0.4 is 10.5 Å². The molecule has 1 aromatic rings. The number of hydrogen-bond acceptors (Lipinski definition) is 3. The van der Waals surface area contributed by atoms with Crippen LogP contribution in [-0.2, 0) is 6.42 Å². The van der Waals surface area contributed by atoms with E-state index in [0.717, 1.165) is 22.9 Å². The van der Waals surface area contributed by atoms with E-state index in [9.17, 15) is 5.11 Å². The van der Waals surface area contributed by atoms with Crippen LogP contribution in [0.5, 0.6) is 11.5 Å². The second-order valence-corrected chi connectivity index (χ2v) is 4.49. The normalized spacial score (nSPS) is 12.5. The van der Waals surface area contributed by atoms with Crippen molar-refractivity contribution in [2.75, 3.05) is 7.11 Å². The summed E-state index contributed by atoms with van der Waals surface area (Å²) in [7, 11) is 1.53. The summed E-state index contributed by atoms with van der Waals surface area (Å²) < 4.78 is 5.94. The van der Waals surface area contributed by atoms with Crippen molar-refractivity contribution in [3.63, 3.8) is 0 Å². The van der Waals surface area contributed by atoms with E-state index in [1.54, 1.807) is 12.1 Å². The highest BCUT2D eigenvalue weighted by molar-refractivity contribution is 9.10. The second-order valence-electron chi connectivity index (χ2n) is 3.63. The molecule has 0 amide bonds. The number of ether oxygens (including phenoxy) is 1. The molecule has 0 unspecified atom stereocenters. The number of phenolic OH excluding ortho intramolecular Hbond substituents is 1. The number of nitrogens with two attached hydrogens (primary N) is 1. The molecule has 1 atom stereocenters. The van der Waals surface area contributed by atoms with Crippen LogP contribution in [-0.4, -0.2) is 18.3 Å². The quantitative estimate of drug-likeness (QED) is 0.886. The number of aromatic hydroxyl groups is 1. The van der Waals surface area contributed by atoms with Crippen LogP contribution in [0, 0.1) is 0 Å². The molecule has 0 aliphatic rings. The predicted octanol–water partition coefficient (Wildman–Crippen LogP) is 2.44. The summed E-state index contributed by atoms with van der Waals surface area (Å²) in [5, 5.41) is 9.60. The average Bonchev–Trinajstić information content (AvgIpc) is 2.18. The Morgan fingerprint density at radius 2 is 2.20 bits per heavy atom. The molecule has 0 radical (unpaired) electrons. The maximum absolute atomic E-state index is 9.60. The molecule has 0 bridgehead atoms. The van der Waals surface area contributed by atoms with Gasteiger partial charge >= 0.3 is 0 Å². The number of phenols is 1. The minimum atomic E-state index is 0.167. The summed E-state index contributed by atoms with van der Waals surface area (Å²) in [6, 6.07) is 3.65. The molecule has 1 rings (SSSR count). The first kappa shape index (κ1) is 12.3. The summed E-state index contributed by atoms with van der Waals surface area (Å²) in [6.07, 6.45) is 1.74. The standard InChI is InChI=1S/C11H16BrNO2/c1-7(13)3-4-8-5-10(14)11(15-2)6-9(8)12/h5-7,14H,3-4,13H2,1-2H3/t7-/m0/s1. The molecule has 1 aromatic carbocycles. The predicted molar refractivity (Wildman–Crippen MR) is 64.3 cm³/mol. The fourth-order valence-electron chi connectivity index (χ4n) is 1.33. The Labute approximate surface area is 98.4 Å². The topological polar surface area (TPSA) is 55.5 Å². The lowest BCUT2D eigenvalue weighted by Gasteiger charge is -2.10. The fraction of sp³-hybridized carbons (Fsp3) is 0.455. The van der Waals surface area contributed by atoms with Crippen molar-refractivity contribution in [1.82, 2.24) is 0 Å². The van der Waals surface area contributed by atoms with Gasteiger partial charge in [0.1, 0.15) is 0 Å². The van der Waals surface area contributed by atoms with Gasteiger partial charge < -0.3 is 15.6 Å². The summed E-state index contributed by atoms with van der Waals surface area (Å²) in [5.74, 6) is 0.645. The summed E-state index contributed by atoms with van der Waals surface area (Å²) in [4.78, 5) is 0. The second kappa shape index (κ2) is 5.37. The zero-order valence-electron chi connectivity index (χ0n) is 8.96. The smallest absolute Gasteiger partial charge is 0.161 e. The van der Waals surface area contributed by atoms with Gasteiger partial charge in [-0.25, -0.2) is 0 Å². The van der Waals surface area contributed by atoms with Gasteiger partial charge in [-0.3, -0.25) is 0 Å². The van der Waals surface area contributed by atoms with E-state index in [1.807, 2.05) is 6.92 Å². The Kier molecular flexibility index (Phi) is 4.42. The summed E-state index contributed by atoms with van der Waals surface area (Å²) >= 11 is 3.44. The number of benzene rings is 1. The van der Waals surface area contributed by atoms with Crippen LogP contribution in [0.1, 0.15) is 18.9 Å². The Morgan fingerprint density at radius 3 is 2.73 bits per heavy atom. The molecule has 0 aromatic heterocycles. The number of methoxy groups -OCH3 is 1. The monoisotopic (exact) mass is 273 g/mol. The van der Waals surface area contributed by atoms with Gasteiger partial charge in [0, 0.05) is 10.5 Å². The van der Waals surface area contributed by atoms with Crippen molar-refractivity contribution in [2.24, 2.45) is 5.73 Å². The SMILES string of the molecule is COc1cc(Br)c(CC[C@H](C)N)cc1O. The highest BCUT2D eigenvalue weighted by atomic mass is 79.9. The van der Waals surface area contributed by atoms with Crippen LogP contribution in [0.25, 0.3) is 0 Å². The third-order valence-electron chi connectivity index (χ3n) is 2.22. The zero-order valence-corrected chi connectivity index (χ0v) is 10.5. The molecule has 0 aliphatic heterocycles. The molecule has 0 saturated heterocycles. The third-order valence-corrected chi connectivity index (χ3v) is 2.96. The van der Waals surface area contributed by atoms with Gasteiger partial charge in [-0.1, -0.05) is 15.9 Å². The van der Waals surface area contributed by atoms with Gasteiger partial charge in [0.25, 0.3) is 0 Å². The number of hydrogen-bond donors (Lipinski definition) is 2. The lowest BCUT2D eigenvalue weighted by Crippen LogP contribution is -2.15. The molecular formula is C11H16BrNO2. The van der Waals surface area contributed by atoms with Crippen LogP contribution in [0.4, 0.5) is 0 Å². The van der Waals surface area contributed by atoms with E-state index in [0.29, 0.717) is 5.75 Å². The number of rotatable bonds is 4. The Balaban J connectivity index is 2.85. The molecule has 0 fully saturated rings. The molecule has 4 heteroatoms. The van der Waals surface area contributed by atoms with Gasteiger partial charge in [0.2, 0.25) is 0 Å². The molecule has 0 heterocycles. The van der Waals surface area contributed by atoms with Gasteiger partial charge in [-0.15, -0.1) is 0 Å². The van der Waals surface area contributed by atoms with E-state index in [2.05, 4.69) is 15.9 Å². The maximum Gasteiger partial charge on any atom is 0.161 e. The van der Waals surface area contributed by atoms with Crippen LogP contribution in [0.3, 0.4) is 0 Å². The molecule has 3 N–H and O–H groups in total. The Hall–Kier alpha value is -0.740. The zero-order chi connectivity index (χ0) is 11.4. The van der Waals surface area contributed by atoms with Crippen molar-refractivity contribution >= 4 is 15.9 Å². The van der Waals surface area contributed by atoms with Crippen LogP contribution in [0.2, 0.25) is 0 Å². The lowest BCUT2D eigenvalue weighted by atomic mass is 10.1. The molecular weight excluding hydrogens is 258 g/mol. The van der Waals surface area contributed by atoms with E-state index >= 15 is 0 Å². The van der Waals surface area contributed by atoms with Gasteiger partial charge in [-0.05, 0) is 37.5 Å². The Morgan fingerprint density at radius 1 is 1.53 bits per heavy atom. The Bertz CT molecular complexity index is 340. The van der Waals surface area contributed by atoms with E-state index < -0.39 is 0 Å². The minimum absolute atomic E-state index is 0.167. The molecule has 3 nitrogen and oxygen atoms in total. The maximum atomic E-state index is 9.60. The fourth-order valence-corrected chi connectivity index (χ4v) is 1.85. The highest BCUT2D eigenvalue weighted by Crippen LogP contribution is 2.32. The van der Waals surface area contributed by atoms with Crippen molar-refractivity contribution in [3.8, 4) is 11.5 Å². The largest absolute Gasteiger partial charge is 0.504 e. The number of aryl methyl sites for hydroxylation is 1. The highest BCUT2D eigenvalue weighted by Gasteiger charge is 2.08. The van der Waals surface area contributed by atoms with Crippen molar-refractivity contribution in [3.05, 3.63) is 22.2 Å². The minimum Gasteiger partial charge on any atom is -0.504 e. The van der Waals surface area contributed by atoms with Crippen LogP contribution >= 0.6 is 15.9 Å². The molecule has 15 heavy (non-hydrogen) atoms. The van der Waals surface area contributed by atoms with Gasteiger partial charge in [-0.2, -0.15) is 0 Å². The first-order chi connectivity index (χ1) is 7.04. The van der Waals surface area contributed by atoms with E-state index in [-0.39, 0.29) is 11.8 Å². The average molecular weight is 274 g/mol. The first-order valence-electron chi connectivity index (χ1n) is 4.85. The summed E-state index contributed by atoms with van der Waals surface area (Å²) in [6.45, 7) is 1.97. The first-order valence-corrected chi connectivity index (χ1v) is 5.65. The molecule has 84 valence electrons.